The van der Waals surface area contributed by atoms with Crippen LogP contribution < -0.4 is 5.48 Å². The first kappa shape index (κ1) is 13.1. The molecule has 0 amide bonds. The Kier molecular flexibility index (Phi) is 9.97. The molecular weight excluding hydrogens is 173 g/mol. The fourth-order valence-corrected chi connectivity index (χ4v) is 1.23. The van der Waals surface area contributed by atoms with Crippen molar-refractivity contribution in [3.63, 3.8) is 0 Å². The second-order valence-corrected chi connectivity index (χ2v) is 2.46. The van der Waals surface area contributed by atoms with Gasteiger partial charge in [0, 0.05) is 6.04 Å². The van der Waals surface area contributed by atoms with Gasteiger partial charge in [-0.1, -0.05) is 19.3 Å². The predicted molar refractivity (Wildman–Crippen MR) is 46.3 cm³/mol. The lowest BCUT2D eigenvalue weighted by Crippen LogP contribution is -2.27. The molecule has 2 nitrogen and oxygen atoms in total. The van der Waals surface area contributed by atoms with Crippen LogP contribution in [0.1, 0.15) is 32.1 Å². The van der Waals surface area contributed by atoms with E-state index in [0.717, 1.165) is 12.8 Å². The molecule has 0 radical (unpaired) electrons. The topological polar surface area (TPSA) is 32.3 Å². The quantitative estimate of drug-likeness (QED) is 0.618. The van der Waals surface area contributed by atoms with Gasteiger partial charge in [0.1, 0.15) is 0 Å². The molecule has 0 aromatic heterocycles. The second-order valence-electron chi connectivity index (χ2n) is 2.46. The van der Waals surface area contributed by atoms with Crippen molar-refractivity contribution in [2.45, 2.75) is 38.1 Å². The van der Waals surface area contributed by atoms with Gasteiger partial charge in [0.05, 0.1) is 0 Å². The molecule has 0 aromatic rings. The smallest absolute Gasteiger partial charge is 0.0319 e. The third-order valence-corrected chi connectivity index (χ3v) is 1.79. The van der Waals surface area contributed by atoms with Gasteiger partial charge in [0.2, 0.25) is 0 Å². The monoisotopic (exact) mass is 187 g/mol. The summed E-state index contributed by atoms with van der Waals surface area (Å²) in [6.45, 7) is 0. The Hall–Kier alpha value is 0.500. The molecule has 0 atom stereocenters. The van der Waals surface area contributed by atoms with Crippen LogP contribution in [0.15, 0.2) is 0 Å². The van der Waals surface area contributed by atoms with E-state index in [1.54, 1.807) is 0 Å². The lowest BCUT2D eigenvalue weighted by Gasteiger charge is -2.18. The molecule has 1 fully saturated rings. The van der Waals surface area contributed by atoms with Crippen LogP contribution in [-0.4, -0.2) is 11.2 Å². The maximum Gasteiger partial charge on any atom is 0.0319 e. The number of hydrogen-bond donors (Lipinski definition) is 2. The van der Waals surface area contributed by atoms with Crippen molar-refractivity contribution < 1.29 is 5.21 Å². The number of hydrogen-bond acceptors (Lipinski definition) is 2. The zero-order valence-corrected chi connectivity index (χ0v) is 7.51. The Morgan fingerprint density at radius 1 is 1.00 bits per heavy atom. The predicted octanol–water partition coefficient (Wildman–Crippen LogP) is 2.14. The molecule has 1 saturated carbocycles. The molecule has 0 aromatic carbocycles. The molecule has 0 aliphatic heterocycles. The fourth-order valence-electron chi connectivity index (χ4n) is 1.23. The lowest BCUT2D eigenvalue weighted by atomic mass is 9.96. The van der Waals surface area contributed by atoms with Gasteiger partial charge in [0.25, 0.3) is 0 Å². The van der Waals surface area contributed by atoms with E-state index in [1.807, 2.05) is 0 Å². The molecule has 10 heavy (non-hydrogen) atoms. The minimum Gasteiger partial charge on any atom is -0.317 e. The van der Waals surface area contributed by atoms with E-state index < -0.39 is 0 Å². The van der Waals surface area contributed by atoms with Crippen molar-refractivity contribution in [2.75, 3.05) is 0 Å². The average molecular weight is 188 g/mol. The highest BCUT2D eigenvalue weighted by Crippen LogP contribution is 2.16. The van der Waals surface area contributed by atoms with E-state index in [1.165, 1.54) is 19.3 Å². The highest BCUT2D eigenvalue weighted by molar-refractivity contribution is 5.85. The Morgan fingerprint density at radius 2 is 1.50 bits per heavy atom. The summed E-state index contributed by atoms with van der Waals surface area (Å²) in [6, 6.07) is 0.392. The average Bonchev–Trinajstić information content (AvgIpc) is 1.90. The summed E-state index contributed by atoms with van der Waals surface area (Å²) in [7, 11) is 0. The van der Waals surface area contributed by atoms with Crippen LogP contribution in [0.25, 0.3) is 0 Å². The van der Waals surface area contributed by atoms with E-state index in [4.69, 9.17) is 5.21 Å². The van der Waals surface area contributed by atoms with Crippen LogP contribution in [-0.2, 0) is 0 Å². The molecule has 2 N–H and O–H groups in total. The van der Waals surface area contributed by atoms with Gasteiger partial charge in [0.15, 0.2) is 0 Å². The number of rotatable bonds is 1. The van der Waals surface area contributed by atoms with Crippen molar-refractivity contribution in [1.82, 2.24) is 5.48 Å². The summed E-state index contributed by atoms with van der Waals surface area (Å²) in [6.07, 6.45) is 6.20. The van der Waals surface area contributed by atoms with Crippen molar-refractivity contribution in [3.05, 3.63) is 0 Å². The van der Waals surface area contributed by atoms with Crippen LogP contribution in [0, 0.1) is 0 Å². The first-order valence-electron chi connectivity index (χ1n) is 3.33. The van der Waals surface area contributed by atoms with Crippen LogP contribution in [0.3, 0.4) is 0 Å². The standard InChI is InChI=1S/C6H13NO.2ClH/c8-7-6-4-2-1-3-5-6;;/h6-8H,1-5H2;2*1H. The third kappa shape index (κ3) is 4.34. The Bertz CT molecular complexity index is 66.8. The van der Waals surface area contributed by atoms with Crippen LogP contribution >= 0.6 is 24.8 Å². The highest BCUT2D eigenvalue weighted by atomic mass is 35.5. The third-order valence-electron chi connectivity index (χ3n) is 1.79. The first-order valence-corrected chi connectivity index (χ1v) is 3.33. The summed E-state index contributed by atoms with van der Waals surface area (Å²) in [5.74, 6) is 0. The van der Waals surface area contributed by atoms with Crippen molar-refractivity contribution in [2.24, 2.45) is 0 Å². The summed E-state index contributed by atoms with van der Waals surface area (Å²) >= 11 is 0. The van der Waals surface area contributed by atoms with Gasteiger partial charge in [-0.15, -0.1) is 24.8 Å². The normalized spacial score (nSPS) is 18.9. The molecule has 64 valence electrons. The van der Waals surface area contributed by atoms with E-state index in [-0.39, 0.29) is 24.8 Å². The summed E-state index contributed by atoms with van der Waals surface area (Å²) in [5.41, 5.74) is 2.30. The van der Waals surface area contributed by atoms with Crippen LogP contribution in [0.5, 0.6) is 0 Å². The van der Waals surface area contributed by atoms with Crippen LogP contribution in [0.4, 0.5) is 0 Å². The maximum absolute atomic E-state index is 8.44. The molecule has 1 aliphatic rings. The van der Waals surface area contributed by atoms with E-state index in [0.29, 0.717) is 6.04 Å². The van der Waals surface area contributed by atoms with Crippen molar-refractivity contribution >= 4 is 24.8 Å². The zero-order valence-electron chi connectivity index (χ0n) is 5.88. The van der Waals surface area contributed by atoms with Gasteiger partial charge >= 0.3 is 0 Å². The van der Waals surface area contributed by atoms with Gasteiger partial charge in [-0.3, -0.25) is 0 Å². The molecule has 0 unspecified atom stereocenters. The Morgan fingerprint density at radius 3 is 1.80 bits per heavy atom. The van der Waals surface area contributed by atoms with Gasteiger partial charge in [-0.2, -0.15) is 0 Å². The van der Waals surface area contributed by atoms with E-state index in [2.05, 4.69) is 5.48 Å². The molecule has 1 rings (SSSR count). The van der Waals surface area contributed by atoms with Crippen LogP contribution in [0.2, 0.25) is 0 Å². The fraction of sp³-hybridized carbons (Fsp3) is 1.00. The largest absolute Gasteiger partial charge is 0.317 e. The van der Waals surface area contributed by atoms with Crippen molar-refractivity contribution in [3.8, 4) is 0 Å². The maximum atomic E-state index is 8.44. The summed E-state index contributed by atoms with van der Waals surface area (Å²) < 4.78 is 0. The van der Waals surface area contributed by atoms with E-state index >= 15 is 0 Å². The summed E-state index contributed by atoms with van der Waals surface area (Å²) in [4.78, 5) is 0. The van der Waals surface area contributed by atoms with Gasteiger partial charge in [-0.25, -0.2) is 5.48 Å². The second kappa shape index (κ2) is 7.61. The van der Waals surface area contributed by atoms with Gasteiger partial charge in [-0.05, 0) is 12.8 Å². The molecule has 0 bridgehead atoms. The minimum atomic E-state index is 0. The minimum absolute atomic E-state index is 0. The molecule has 0 saturated heterocycles. The molecule has 1 aliphatic carbocycles. The summed E-state index contributed by atoms with van der Waals surface area (Å²) in [5, 5.41) is 8.44. The SMILES string of the molecule is Cl.Cl.ONC1CCCCC1. The Balaban J connectivity index is 0. The number of halogens is 2. The first-order chi connectivity index (χ1) is 3.93. The lowest BCUT2D eigenvalue weighted by molar-refractivity contribution is 0.107. The Labute approximate surface area is 74.2 Å². The molecule has 4 heteroatoms. The van der Waals surface area contributed by atoms with Gasteiger partial charge < -0.3 is 5.21 Å². The number of nitrogens with one attached hydrogen (secondary N) is 1. The molecule has 0 heterocycles. The molecular formula is C6H15Cl2NO. The highest BCUT2D eigenvalue weighted by Gasteiger charge is 2.10. The molecule has 0 spiro atoms. The van der Waals surface area contributed by atoms with E-state index in [9.17, 15) is 0 Å². The zero-order chi connectivity index (χ0) is 5.82. The van der Waals surface area contributed by atoms with Crippen molar-refractivity contribution in [1.29, 1.82) is 0 Å². The number of hydroxylamine groups is 1.